The van der Waals surface area contributed by atoms with Crippen LogP contribution in [0.3, 0.4) is 0 Å². The van der Waals surface area contributed by atoms with Crippen LogP contribution < -0.4 is 10.2 Å². The Morgan fingerprint density at radius 3 is 3.11 bits per heavy atom. The summed E-state index contributed by atoms with van der Waals surface area (Å²) in [4.78, 5) is 8.15. The lowest BCUT2D eigenvalue weighted by Gasteiger charge is -2.13. The van der Waals surface area contributed by atoms with E-state index >= 15 is 0 Å². The van der Waals surface area contributed by atoms with Gasteiger partial charge in [-0.25, -0.2) is 4.98 Å². The summed E-state index contributed by atoms with van der Waals surface area (Å²) < 4.78 is 5.38. The summed E-state index contributed by atoms with van der Waals surface area (Å²) in [5.41, 5.74) is 0. The molecule has 2 heterocycles. The Morgan fingerprint density at radius 1 is 1.61 bits per heavy atom. The molecule has 1 atom stereocenters. The Labute approximate surface area is 113 Å². The molecule has 1 N–H and O–H groups in total. The maximum Gasteiger partial charge on any atom is 0.185 e. The van der Waals surface area contributed by atoms with E-state index in [2.05, 4.69) is 29.0 Å². The molecule has 2 rings (SSSR count). The Bertz CT molecular complexity index is 367. The van der Waals surface area contributed by atoms with E-state index in [1.807, 2.05) is 6.20 Å². The van der Waals surface area contributed by atoms with Gasteiger partial charge in [0.25, 0.3) is 0 Å². The van der Waals surface area contributed by atoms with Crippen LogP contribution in [0.2, 0.25) is 0 Å². The molecular weight excluding hydrogens is 246 g/mol. The molecule has 0 radical (unpaired) electrons. The molecule has 4 nitrogen and oxygen atoms in total. The molecule has 1 aromatic heterocycles. The van der Waals surface area contributed by atoms with Crippen molar-refractivity contribution in [3.8, 4) is 0 Å². The zero-order valence-corrected chi connectivity index (χ0v) is 12.3. The summed E-state index contributed by atoms with van der Waals surface area (Å²) in [5, 5.41) is 4.59. The van der Waals surface area contributed by atoms with Crippen LogP contribution in [0, 0.1) is 5.92 Å². The van der Waals surface area contributed by atoms with Crippen molar-refractivity contribution in [2.75, 3.05) is 31.6 Å². The summed E-state index contributed by atoms with van der Waals surface area (Å²) in [7, 11) is 1.79. The highest BCUT2D eigenvalue weighted by atomic mass is 32.1. The number of nitrogens with one attached hydrogen (secondary N) is 1. The first-order valence-electron chi connectivity index (χ1n) is 6.62. The lowest BCUT2D eigenvalue weighted by molar-refractivity contribution is 0.121. The van der Waals surface area contributed by atoms with Gasteiger partial charge in [0.05, 0.1) is 6.10 Å². The van der Waals surface area contributed by atoms with Crippen LogP contribution in [0.4, 0.5) is 5.13 Å². The third-order valence-electron chi connectivity index (χ3n) is 3.14. The van der Waals surface area contributed by atoms with E-state index < -0.39 is 0 Å². The molecule has 1 aromatic rings. The third kappa shape index (κ3) is 3.67. The smallest absolute Gasteiger partial charge is 0.185 e. The van der Waals surface area contributed by atoms with Crippen LogP contribution in [0.15, 0.2) is 6.20 Å². The molecule has 1 fully saturated rings. The van der Waals surface area contributed by atoms with E-state index in [0.29, 0.717) is 12.0 Å². The van der Waals surface area contributed by atoms with E-state index in [0.717, 1.165) is 37.7 Å². The Hall–Kier alpha value is -0.650. The largest absolute Gasteiger partial charge is 0.380 e. The SMILES string of the molecule is COC1CCN(c2ncc(CNCC(C)C)s2)C1. The average molecular weight is 269 g/mol. The molecule has 0 bridgehead atoms. The molecule has 5 heteroatoms. The number of thiazole rings is 1. The standard InChI is InChI=1S/C13H23N3OS/c1-10(2)6-14-7-12-8-15-13(18-12)16-5-4-11(9-16)17-3/h8,10-11,14H,4-7,9H2,1-3H3. The number of anilines is 1. The summed E-state index contributed by atoms with van der Waals surface area (Å²) in [5.74, 6) is 0.693. The van der Waals surface area contributed by atoms with Crippen LogP contribution in [0.5, 0.6) is 0 Å². The normalized spacial score (nSPS) is 20.0. The van der Waals surface area contributed by atoms with Crippen molar-refractivity contribution in [2.45, 2.75) is 32.9 Å². The fourth-order valence-electron chi connectivity index (χ4n) is 2.10. The number of methoxy groups -OCH3 is 1. The fourth-order valence-corrected chi connectivity index (χ4v) is 3.02. The molecule has 1 unspecified atom stereocenters. The maximum absolute atomic E-state index is 5.38. The monoisotopic (exact) mass is 269 g/mol. The third-order valence-corrected chi connectivity index (χ3v) is 4.20. The molecule has 0 aliphatic carbocycles. The first kappa shape index (κ1) is 13.8. The Kier molecular flexibility index (Phi) is 4.97. The molecule has 102 valence electrons. The van der Waals surface area contributed by atoms with Crippen LogP contribution in [0.25, 0.3) is 0 Å². The van der Waals surface area contributed by atoms with Gasteiger partial charge < -0.3 is 15.0 Å². The van der Waals surface area contributed by atoms with Gasteiger partial charge in [-0.3, -0.25) is 0 Å². The minimum atomic E-state index is 0.372. The second-order valence-electron chi connectivity index (χ2n) is 5.23. The first-order valence-corrected chi connectivity index (χ1v) is 7.44. The number of hydrogen-bond donors (Lipinski definition) is 1. The lowest BCUT2D eigenvalue weighted by atomic mass is 10.2. The van der Waals surface area contributed by atoms with Crippen molar-refractivity contribution in [3.63, 3.8) is 0 Å². The number of rotatable bonds is 6. The van der Waals surface area contributed by atoms with Crippen LogP contribution in [0.1, 0.15) is 25.1 Å². The van der Waals surface area contributed by atoms with Crippen LogP contribution >= 0.6 is 11.3 Å². The summed E-state index contributed by atoms with van der Waals surface area (Å²) >= 11 is 1.79. The zero-order chi connectivity index (χ0) is 13.0. The predicted octanol–water partition coefficient (Wildman–Crippen LogP) is 2.11. The van der Waals surface area contributed by atoms with Gasteiger partial charge in [0.2, 0.25) is 0 Å². The number of aromatic nitrogens is 1. The van der Waals surface area contributed by atoms with Gasteiger partial charge in [0.15, 0.2) is 5.13 Å². The highest BCUT2D eigenvalue weighted by Gasteiger charge is 2.24. The topological polar surface area (TPSA) is 37.4 Å². The van der Waals surface area contributed by atoms with Gasteiger partial charge in [0.1, 0.15) is 0 Å². The predicted molar refractivity (Wildman–Crippen MR) is 76.3 cm³/mol. The second-order valence-corrected chi connectivity index (χ2v) is 6.32. The average Bonchev–Trinajstić information content (AvgIpc) is 2.95. The van der Waals surface area contributed by atoms with Gasteiger partial charge in [-0.05, 0) is 18.9 Å². The maximum atomic E-state index is 5.38. The van der Waals surface area contributed by atoms with E-state index in [1.165, 1.54) is 4.88 Å². The molecule has 0 amide bonds. The van der Waals surface area contributed by atoms with Crippen molar-refractivity contribution in [1.82, 2.24) is 10.3 Å². The lowest BCUT2D eigenvalue weighted by Crippen LogP contribution is -2.21. The number of ether oxygens (including phenoxy) is 1. The van der Waals surface area contributed by atoms with Crippen LogP contribution in [-0.2, 0) is 11.3 Å². The molecular formula is C13H23N3OS. The van der Waals surface area contributed by atoms with Gasteiger partial charge in [-0.2, -0.15) is 0 Å². The summed E-state index contributed by atoms with van der Waals surface area (Å²) in [6.45, 7) is 8.47. The van der Waals surface area contributed by atoms with Crippen molar-refractivity contribution < 1.29 is 4.74 Å². The quantitative estimate of drug-likeness (QED) is 0.858. The minimum absolute atomic E-state index is 0.372. The number of nitrogens with zero attached hydrogens (tertiary/aromatic N) is 2. The molecule has 0 spiro atoms. The van der Waals surface area contributed by atoms with Gasteiger partial charge in [0, 0.05) is 37.8 Å². The summed E-state index contributed by atoms with van der Waals surface area (Å²) in [6, 6.07) is 0. The van der Waals surface area contributed by atoms with Crippen LogP contribution in [-0.4, -0.2) is 37.8 Å². The van der Waals surface area contributed by atoms with Gasteiger partial charge >= 0.3 is 0 Å². The highest BCUT2D eigenvalue weighted by molar-refractivity contribution is 7.15. The molecule has 0 saturated carbocycles. The summed E-state index contributed by atoms with van der Waals surface area (Å²) in [6.07, 6.45) is 3.47. The first-order chi connectivity index (χ1) is 8.69. The number of hydrogen-bond acceptors (Lipinski definition) is 5. The van der Waals surface area contributed by atoms with Crippen molar-refractivity contribution >= 4 is 16.5 Å². The fraction of sp³-hybridized carbons (Fsp3) is 0.769. The highest BCUT2D eigenvalue weighted by Crippen LogP contribution is 2.26. The Balaban J connectivity index is 1.83. The van der Waals surface area contributed by atoms with E-state index in [-0.39, 0.29) is 0 Å². The van der Waals surface area contributed by atoms with Crippen molar-refractivity contribution in [3.05, 3.63) is 11.1 Å². The molecule has 1 aliphatic rings. The van der Waals surface area contributed by atoms with Crippen molar-refractivity contribution in [2.24, 2.45) is 5.92 Å². The molecule has 18 heavy (non-hydrogen) atoms. The molecule has 1 aliphatic heterocycles. The second kappa shape index (κ2) is 6.50. The van der Waals surface area contributed by atoms with E-state index in [9.17, 15) is 0 Å². The molecule has 0 aromatic carbocycles. The van der Waals surface area contributed by atoms with Crippen molar-refractivity contribution in [1.29, 1.82) is 0 Å². The van der Waals surface area contributed by atoms with E-state index in [4.69, 9.17) is 4.74 Å². The Morgan fingerprint density at radius 2 is 2.44 bits per heavy atom. The van der Waals surface area contributed by atoms with Gasteiger partial charge in [-0.15, -0.1) is 11.3 Å². The van der Waals surface area contributed by atoms with E-state index in [1.54, 1.807) is 18.4 Å². The van der Waals surface area contributed by atoms with Gasteiger partial charge in [-0.1, -0.05) is 13.8 Å². The zero-order valence-electron chi connectivity index (χ0n) is 11.5. The minimum Gasteiger partial charge on any atom is -0.380 e. The molecule has 1 saturated heterocycles.